The van der Waals surface area contributed by atoms with Crippen LogP contribution in [0.2, 0.25) is 0 Å². The average Bonchev–Trinajstić information content (AvgIpc) is 2.41. The molecule has 0 saturated heterocycles. The Morgan fingerprint density at radius 3 is 2.55 bits per heavy atom. The molecule has 2 rings (SSSR count). The highest BCUT2D eigenvalue weighted by atomic mass is 79.9. The molecule has 0 aromatic heterocycles. The summed E-state index contributed by atoms with van der Waals surface area (Å²) in [4.78, 5) is 12.4. The fourth-order valence-electron chi connectivity index (χ4n) is 2.14. The third kappa shape index (κ3) is 3.28. The van der Waals surface area contributed by atoms with E-state index in [-0.39, 0.29) is 5.78 Å². The van der Waals surface area contributed by atoms with Crippen LogP contribution in [-0.2, 0) is 6.42 Å². The second-order valence-corrected chi connectivity index (χ2v) is 5.74. The first-order chi connectivity index (χ1) is 9.51. The van der Waals surface area contributed by atoms with E-state index in [1.807, 2.05) is 50.2 Å². The first-order valence-electron chi connectivity index (χ1n) is 6.44. The summed E-state index contributed by atoms with van der Waals surface area (Å²) in [6.45, 7) is 3.97. The Morgan fingerprint density at radius 2 is 1.90 bits per heavy atom. The molecule has 0 N–H and O–H groups in total. The summed E-state index contributed by atoms with van der Waals surface area (Å²) in [6, 6.07) is 11.7. The van der Waals surface area contributed by atoms with Crippen LogP contribution in [0.3, 0.4) is 0 Å². The number of ketones is 1. The molecule has 0 atom stereocenters. The number of rotatable bonds is 4. The lowest BCUT2D eigenvalue weighted by Crippen LogP contribution is -2.06. The van der Waals surface area contributed by atoms with E-state index in [1.165, 1.54) is 0 Å². The van der Waals surface area contributed by atoms with Crippen LogP contribution in [-0.4, -0.2) is 12.9 Å². The molecular weight excluding hydrogens is 316 g/mol. The molecule has 0 aliphatic carbocycles. The number of carbonyl (C=O) groups is 1. The average molecular weight is 333 g/mol. The fraction of sp³-hybridized carbons (Fsp3) is 0.235. The molecule has 0 spiro atoms. The maximum absolute atomic E-state index is 12.4. The molecule has 0 heterocycles. The molecule has 0 bridgehead atoms. The molecule has 0 fully saturated rings. The smallest absolute Gasteiger partial charge is 0.167 e. The molecule has 2 nitrogen and oxygen atoms in total. The zero-order valence-electron chi connectivity index (χ0n) is 11.9. The van der Waals surface area contributed by atoms with Crippen molar-refractivity contribution in [1.29, 1.82) is 0 Å². The normalized spacial score (nSPS) is 10.4. The Morgan fingerprint density at radius 1 is 1.15 bits per heavy atom. The minimum atomic E-state index is 0.142. The van der Waals surface area contributed by atoms with E-state index < -0.39 is 0 Å². The Labute approximate surface area is 127 Å². The van der Waals surface area contributed by atoms with Crippen LogP contribution in [0.5, 0.6) is 5.75 Å². The Balaban J connectivity index is 2.23. The molecule has 3 heteroatoms. The van der Waals surface area contributed by atoms with Gasteiger partial charge >= 0.3 is 0 Å². The molecule has 0 unspecified atom stereocenters. The Kier molecular flexibility index (Phi) is 4.61. The monoisotopic (exact) mass is 332 g/mol. The number of carbonyl (C=O) groups excluding carboxylic acids is 1. The van der Waals surface area contributed by atoms with Gasteiger partial charge in [0.25, 0.3) is 0 Å². The van der Waals surface area contributed by atoms with Crippen molar-refractivity contribution >= 4 is 21.7 Å². The molecule has 2 aromatic rings. The number of aryl methyl sites for hydroxylation is 2. The van der Waals surface area contributed by atoms with Crippen LogP contribution in [0.15, 0.2) is 40.9 Å². The van der Waals surface area contributed by atoms with Crippen LogP contribution >= 0.6 is 15.9 Å². The summed E-state index contributed by atoms with van der Waals surface area (Å²) >= 11 is 3.44. The van der Waals surface area contributed by atoms with Crippen molar-refractivity contribution in [2.24, 2.45) is 0 Å². The Hall–Kier alpha value is -1.61. The van der Waals surface area contributed by atoms with Crippen LogP contribution in [0.1, 0.15) is 27.0 Å². The number of Topliss-reactive ketones (excluding diaryl/α,β-unsaturated/α-hetero) is 1. The van der Waals surface area contributed by atoms with Crippen molar-refractivity contribution in [2.75, 3.05) is 7.11 Å². The van der Waals surface area contributed by atoms with Crippen molar-refractivity contribution in [3.05, 3.63) is 63.1 Å². The summed E-state index contributed by atoms with van der Waals surface area (Å²) in [5.74, 6) is 0.913. The maximum Gasteiger partial charge on any atom is 0.167 e. The molecule has 0 saturated carbocycles. The van der Waals surface area contributed by atoms with Gasteiger partial charge in [-0.1, -0.05) is 23.8 Å². The third-order valence-corrected chi connectivity index (χ3v) is 3.89. The topological polar surface area (TPSA) is 26.3 Å². The minimum Gasteiger partial charge on any atom is -0.496 e. The lowest BCUT2D eigenvalue weighted by atomic mass is 9.97. The van der Waals surface area contributed by atoms with E-state index >= 15 is 0 Å². The van der Waals surface area contributed by atoms with E-state index in [0.717, 1.165) is 32.5 Å². The summed E-state index contributed by atoms with van der Waals surface area (Å²) in [7, 11) is 1.63. The van der Waals surface area contributed by atoms with Gasteiger partial charge in [0.1, 0.15) is 5.75 Å². The predicted molar refractivity (Wildman–Crippen MR) is 84.6 cm³/mol. The van der Waals surface area contributed by atoms with Crippen molar-refractivity contribution in [1.82, 2.24) is 0 Å². The van der Waals surface area contributed by atoms with Crippen molar-refractivity contribution in [3.8, 4) is 5.75 Å². The number of halogens is 1. The number of methoxy groups -OCH3 is 1. The van der Waals surface area contributed by atoms with Crippen LogP contribution in [0.25, 0.3) is 0 Å². The first kappa shape index (κ1) is 14.8. The fourth-order valence-corrected chi connectivity index (χ4v) is 2.72. The van der Waals surface area contributed by atoms with Crippen molar-refractivity contribution < 1.29 is 9.53 Å². The van der Waals surface area contributed by atoms with E-state index in [0.29, 0.717) is 6.42 Å². The molecule has 20 heavy (non-hydrogen) atoms. The highest BCUT2D eigenvalue weighted by Crippen LogP contribution is 2.26. The lowest BCUT2D eigenvalue weighted by molar-refractivity contribution is 0.0992. The SMILES string of the molecule is COc1ccc(CC(=O)c2cc(C)ccc2C)cc1Br. The van der Waals surface area contributed by atoms with E-state index in [9.17, 15) is 4.79 Å². The van der Waals surface area contributed by atoms with Crippen LogP contribution in [0.4, 0.5) is 0 Å². The molecule has 0 radical (unpaired) electrons. The van der Waals surface area contributed by atoms with Gasteiger partial charge in [0.05, 0.1) is 11.6 Å². The van der Waals surface area contributed by atoms with Crippen molar-refractivity contribution in [3.63, 3.8) is 0 Å². The molecular formula is C17H17BrO2. The Bertz CT molecular complexity index is 647. The maximum atomic E-state index is 12.4. The number of hydrogen-bond acceptors (Lipinski definition) is 2. The highest BCUT2D eigenvalue weighted by Gasteiger charge is 2.11. The first-order valence-corrected chi connectivity index (χ1v) is 7.23. The molecule has 0 aliphatic rings. The second-order valence-electron chi connectivity index (χ2n) is 4.89. The summed E-state index contributed by atoms with van der Waals surface area (Å²) < 4.78 is 6.06. The second kappa shape index (κ2) is 6.23. The lowest BCUT2D eigenvalue weighted by Gasteiger charge is -2.08. The van der Waals surface area contributed by atoms with E-state index in [4.69, 9.17) is 4.74 Å². The van der Waals surface area contributed by atoms with Gasteiger partial charge in [-0.15, -0.1) is 0 Å². The van der Waals surface area contributed by atoms with Gasteiger partial charge in [-0.25, -0.2) is 0 Å². The van der Waals surface area contributed by atoms with Gasteiger partial charge in [-0.05, 0) is 59.1 Å². The van der Waals surface area contributed by atoms with Gasteiger partial charge in [0.15, 0.2) is 5.78 Å². The van der Waals surface area contributed by atoms with E-state index in [2.05, 4.69) is 15.9 Å². The van der Waals surface area contributed by atoms with Gasteiger partial charge in [-0.3, -0.25) is 4.79 Å². The van der Waals surface area contributed by atoms with Gasteiger partial charge < -0.3 is 4.74 Å². The minimum absolute atomic E-state index is 0.142. The number of ether oxygens (including phenoxy) is 1. The van der Waals surface area contributed by atoms with Crippen LogP contribution < -0.4 is 4.74 Å². The largest absolute Gasteiger partial charge is 0.496 e. The number of hydrogen-bond donors (Lipinski definition) is 0. The zero-order chi connectivity index (χ0) is 14.7. The third-order valence-electron chi connectivity index (χ3n) is 3.27. The summed E-state index contributed by atoms with van der Waals surface area (Å²) in [5.41, 5.74) is 3.91. The zero-order valence-corrected chi connectivity index (χ0v) is 13.5. The van der Waals surface area contributed by atoms with Crippen LogP contribution in [0, 0.1) is 13.8 Å². The number of benzene rings is 2. The molecule has 0 amide bonds. The summed E-state index contributed by atoms with van der Waals surface area (Å²) in [5, 5.41) is 0. The predicted octanol–water partition coefficient (Wildman–Crippen LogP) is 4.50. The highest BCUT2D eigenvalue weighted by molar-refractivity contribution is 9.10. The molecule has 0 aliphatic heterocycles. The van der Waals surface area contributed by atoms with Gasteiger partial charge in [0.2, 0.25) is 0 Å². The van der Waals surface area contributed by atoms with Gasteiger partial charge in [-0.2, -0.15) is 0 Å². The standard InChI is InChI=1S/C17H17BrO2/c1-11-4-5-12(2)14(8-11)16(19)10-13-6-7-17(20-3)15(18)9-13/h4-9H,10H2,1-3H3. The summed E-state index contributed by atoms with van der Waals surface area (Å²) in [6.07, 6.45) is 0.396. The molecule has 104 valence electrons. The molecule has 2 aromatic carbocycles. The quantitative estimate of drug-likeness (QED) is 0.770. The van der Waals surface area contributed by atoms with Crippen molar-refractivity contribution in [2.45, 2.75) is 20.3 Å². The van der Waals surface area contributed by atoms with Gasteiger partial charge in [0, 0.05) is 12.0 Å². The van der Waals surface area contributed by atoms with E-state index in [1.54, 1.807) is 7.11 Å².